The molecular formula is C19H22ClN3O5S2. The zero-order valence-electron chi connectivity index (χ0n) is 16.1. The van der Waals surface area contributed by atoms with Gasteiger partial charge in [-0.05, 0) is 43.2 Å². The maximum atomic E-state index is 12.7. The molecule has 1 aromatic rings. The van der Waals surface area contributed by atoms with E-state index in [1.165, 1.54) is 16.2 Å². The first-order chi connectivity index (χ1) is 14.3. The molecule has 0 spiro atoms. The summed E-state index contributed by atoms with van der Waals surface area (Å²) in [5, 5.41) is 0. The minimum atomic E-state index is -3.73. The molecule has 2 aliphatic heterocycles. The van der Waals surface area contributed by atoms with E-state index in [-0.39, 0.29) is 29.8 Å². The average molecular weight is 472 g/mol. The normalized spacial score (nSPS) is 25.7. The van der Waals surface area contributed by atoms with E-state index >= 15 is 0 Å². The maximum absolute atomic E-state index is 12.7. The summed E-state index contributed by atoms with van der Waals surface area (Å²) in [7, 11) is -3.73. The number of carbonyl (C=O) groups is 3. The molecule has 2 amide bonds. The Hall–Kier alpha value is -1.91. The molecule has 1 aromatic heterocycles. The molecule has 2 fully saturated rings. The first-order valence-corrected chi connectivity index (χ1v) is 12.6. The highest BCUT2D eigenvalue weighted by molar-refractivity contribution is 7.89. The molecule has 0 aromatic carbocycles. The van der Waals surface area contributed by atoms with Gasteiger partial charge in [0.2, 0.25) is 15.9 Å². The Kier molecular flexibility index (Phi) is 5.91. The van der Waals surface area contributed by atoms with Crippen molar-refractivity contribution in [2.75, 3.05) is 25.4 Å². The van der Waals surface area contributed by atoms with Gasteiger partial charge in [0.15, 0.2) is 0 Å². The third-order valence-corrected chi connectivity index (χ3v) is 8.33. The van der Waals surface area contributed by atoms with Crippen LogP contribution in [0.15, 0.2) is 23.9 Å². The number of amides is 2. The van der Waals surface area contributed by atoms with Crippen molar-refractivity contribution in [1.29, 1.82) is 0 Å². The van der Waals surface area contributed by atoms with E-state index < -0.39 is 22.0 Å². The molecular weight excluding hydrogens is 450 g/mol. The molecule has 1 saturated heterocycles. The van der Waals surface area contributed by atoms with Crippen molar-refractivity contribution in [3.8, 4) is 0 Å². The summed E-state index contributed by atoms with van der Waals surface area (Å²) in [5.74, 6) is -0.327. The van der Waals surface area contributed by atoms with Crippen LogP contribution in [-0.4, -0.2) is 67.7 Å². The van der Waals surface area contributed by atoms with Gasteiger partial charge in [0.25, 0.3) is 5.91 Å². The third-order valence-electron chi connectivity index (χ3n) is 5.77. The standard InChI is InChI=1S/C19H22ClN3O5S2/c20-17-4-3-13(29-17)5-7-30(27,28)21-15-2-1-6-22(19(15)26)10-18(25)23-9-12-8-14(12)16(23)11-24/h2-4,11-12,14,16,21H,1,5-10H2/t12-,14-,16+/m0/s1. The van der Waals surface area contributed by atoms with Gasteiger partial charge in [-0.15, -0.1) is 11.3 Å². The summed E-state index contributed by atoms with van der Waals surface area (Å²) in [5.41, 5.74) is -0.0329. The molecule has 3 aliphatic rings. The lowest BCUT2D eigenvalue weighted by molar-refractivity contribution is -0.141. The predicted octanol–water partition coefficient (Wildman–Crippen LogP) is 1.03. The van der Waals surface area contributed by atoms with Gasteiger partial charge in [0.05, 0.1) is 16.1 Å². The van der Waals surface area contributed by atoms with E-state index in [1.807, 2.05) is 0 Å². The van der Waals surface area contributed by atoms with E-state index in [0.29, 0.717) is 36.2 Å². The second-order valence-corrected chi connectivity index (χ2v) is 11.5. The van der Waals surface area contributed by atoms with E-state index in [0.717, 1.165) is 17.6 Å². The van der Waals surface area contributed by atoms with E-state index in [1.54, 1.807) is 23.1 Å². The number of nitrogens with one attached hydrogen (secondary N) is 1. The van der Waals surface area contributed by atoms with Crippen LogP contribution in [0.4, 0.5) is 0 Å². The average Bonchev–Trinajstić information content (AvgIpc) is 3.17. The number of hydrogen-bond donors (Lipinski definition) is 1. The van der Waals surface area contributed by atoms with Gasteiger partial charge in [-0.2, -0.15) is 0 Å². The topological polar surface area (TPSA) is 104 Å². The summed E-state index contributed by atoms with van der Waals surface area (Å²) in [6, 6.07) is 3.08. The fourth-order valence-corrected chi connectivity index (χ4v) is 6.41. The Bertz CT molecular complexity index is 1010. The number of carbonyl (C=O) groups excluding carboxylic acids is 3. The highest BCUT2D eigenvalue weighted by Gasteiger charge is 2.54. The predicted molar refractivity (Wildman–Crippen MR) is 112 cm³/mol. The molecule has 1 saturated carbocycles. The van der Waals surface area contributed by atoms with Crippen molar-refractivity contribution in [3.63, 3.8) is 0 Å². The Labute approximate surface area is 183 Å². The summed E-state index contributed by atoms with van der Waals surface area (Å²) < 4.78 is 27.8. The lowest BCUT2D eigenvalue weighted by atomic mass is 10.2. The van der Waals surface area contributed by atoms with Crippen LogP contribution in [0.25, 0.3) is 0 Å². The van der Waals surface area contributed by atoms with Crippen molar-refractivity contribution in [2.45, 2.75) is 25.3 Å². The van der Waals surface area contributed by atoms with Crippen LogP contribution in [-0.2, 0) is 30.8 Å². The van der Waals surface area contributed by atoms with E-state index in [2.05, 4.69) is 4.72 Å². The Morgan fingerprint density at radius 1 is 1.37 bits per heavy atom. The van der Waals surface area contributed by atoms with Crippen molar-refractivity contribution in [2.24, 2.45) is 11.8 Å². The van der Waals surface area contributed by atoms with Gasteiger partial charge in [0.1, 0.15) is 18.5 Å². The smallest absolute Gasteiger partial charge is 0.271 e. The number of thiophene rings is 1. The summed E-state index contributed by atoms with van der Waals surface area (Å²) in [4.78, 5) is 40.4. The zero-order valence-corrected chi connectivity index (χ0v) is 18.5. The van der Waals surface area contributed by atoms with Gasteiger partial charge < -0.3 is 14.6 Å². The Morgan fingerprint density at radius 3 is 2.87 bits per heavy atom. The van der Waals surface area contributed by atoms with Crippen molar-refractivity contribution in [3.05, 3.63) is 33.1 Å². The molecule has 8 nitrogen and oxygen atoms in total. The molecule has 3 heterocycles. The molecule has 1 N–H and O–H groups in total. The number of nitrogens with zero attached hydrogens (tertiary/aromatic N) is 2. The highest BCUT2D eigenvalue weighted by Crippen LogP contribution is 2.48. The summed E-state index contributed by atoms with van der Waals surface area (Å²) in [6.45, 7) is 0.725. The lowest BCUT2D eigenvalue weighted by Crippen LogP contribution is -2.49. The van der Waals surface area contributed by atoms with Crippen LogP contribution in [0.5, 0.6) is 0 Å². The number of aldehydes is 1. The minimum absolute atomic E-state index is 0.0329. The maximum Gasteiger partial charge on any atom is 0.271 e. The number of aryl methyl sites for hydroxylation is 1. The van der Waals surface area contributed by atoms with Gasteiger partial charge in [0, 0.05) is 18.0 Å². The molecule has 1 aliphatic carbocycles. The van der Waals surface area contributed by atoms with Crippen LogP contribution in [0, 0.1) is 11.8 Å². The Balaban J connectivity index is 1.34. The van der Waals surface area contributed by atoms with Crippen LogP contribution >= 0.6 is 22.9 Å². The second-order valence-electron chi connectivity index (χ2n) is 7.84. The number of rotatable bonds is 8. The Morgan fingerprint density at radius 2 is 2.17 bits per heavy atom. The molecule has 30 heavy (non-hydrogen) atoms. The second kappa shape index (κ2) is 8.32. The number of halogens is 1. The number of hydrogen-bond acceptors (Lipinski definition) is 6. The number of piperidine rings is 1. The first-order valence-electron chi connectivity index (χ1n) is 9.76. The monoisotopic (exact) mass is 471 g/mol. The lowest BCUT2D eigenvalue weighted by Gasteiger charge is -2.30. The zero-order chi connectivity index (χ0) is 21.5. The van der Waals surface area contributed by atoms with Gasteiger partial charge in [-0.3, -0.25) is 14.3 Å². The molecule has 11 heteroatoms. The van der Waals surface area contributed by atoms with Gasteiger partial charge in [-0.25, -0.2) is 8.42 Å². The molecule has 3 atom stereocenters. The largest absolute Gasteiger partial charge is 0.331 e. The van der Waals surface area contributed by atoms with Crippen molar-refractivity contribution in [1.82, 2.24) is 14.5 Å². The number of fused-ring (bicyclic) bond motifs is 1. The van der Waals surface area contributed by atoms with E-state index in [9.17, 15) is 22.8 Å². The summed E-state index contributed by atoms with van der Waals surface area (Å²) in [6.07, 6.45) is 4.07. The molecule has 0 radical (unpaired) electrons. The highest BCUT2D eigenvalue weighted by atomic mass is 35.5. The quantitative estimate of drug-likeness (QED) is 0.570. The van der Waals surface area contributed by atoms with Crippen LogP contribution in [0.3, 0.4) is 0 Å². The van der Waals surface area contributed by atoms with E-state index in [4.69, 9.17) is 11.6 Å². The molecule has 0 bridgehead atoms. The SMILES string of the molecule is O=C[C@@H]1[C@H]2C[C@H]2CN1C(=O)CN1CCC=C(NS(=O)(=O)CCc2ccc(Cl)s2)C1=O. The van der Waals surface area contributed by atoms with Crippen LogP contribution < -0.4 is 4.72 Å². The third kappa shape index (κ3) is 4.55. The van der Waals surface area contributed by atoms with Crippen LogP contribution in [0.2, 0.25) is 4.34 Å². The van der Waals surface area contributed by atoms with Crippen molar-refractivity contribution < 1.29 is 22.8 Å². The molecule has 4 rings (SSSR count). The number of sulfonamides is 1. The molecule has 0 unspecified atom stereocenters. The van der Waals surface area contributed by atoms with Gasteiger partial charge in [-0.1, -0.05) is 17.7 Å². The number of likely N-dealkylation sites (tertiary alicyclic amines) is 1. The van der Waals surface area contributed by atoms with Crippen LogP contribution in [0.1, 0.15) is 17.7 Å². The minimum Gasteiger partial charge on any atom is -0.331 e. The molecule has 162 valence electrons. The van der Waals surface area contributed by atoms with Crippen molar-refractivity contribution >= 4 is 51.1 Å². The fraction of sp³-hybridized carbons (Fsp3) is 0.526. The summed E-state index contributed by atoms with van der Waals surface area (Å²) >= 11 is 7.18. The van der Waals surface area contributed by atoms with Gasteiger partial charge >= 0.3 is 0 Å². The fourth-order valence-electron chi connectivity index (χ4n) is 4.10. The first kappa shape index (κ1) is 21.3.